The molecule has 2 aromatic rings. The number of sulfone groups is 1. The standard InChI is InChI=1S/C18H25N3O2S/c1-15-6-7-16(2)18(13-15)24(22,23)12-11-20-9-3-5-17(20)14-21-10-4-8-19-21/h4,6-8,10,13,17H,3,5,9,11-12,14H2,1-2H3/t17-/m0/s1. The quantitative estimate of drug-likeness (QED) is 0.805. The number of aryl methyl sites for hydroxylation is 2. The normalized spacial score (nSPS) is 19.0. The lowest BCUT2D eigenvalue weighted by Gasteiger charge is -2.24. The van der Waals surface area contributed by atoms with Gasteiger partial charge in [0, 0.05) is 25.0 Å². The van der Waals surface area contributed by atoms with E-state index in [-0.39, 0.29) is 5.75 Å². The number of rotatable bonds is 6. The molecule has 1 aromatic carbocycles. The fraction of sp³-hybridized carbons (Fsp3) is 0.500. The van der Waals surface area contributed by atoms with Crippen molar-refractivity contribution >= 4 is 9.84 Å². The largest absolute Gasteiger partial charge is 0.298 e. The molecule has 0 unspecified atom stereocenters. The number of benzene rings is 1. The summed E-state index contributed by atoms with van der Waals surface area (Å²) in [7, 11) is -3.25. The van der Waals surface area contributed by atoms with E-state index in [2.05, 4.69) is 10.00 Å². The van der Waals surface area contributed by atoms with Gasteiger partial charge in [0.05, 0.1) is 17.2 Å². The molecule has 1 fully saturated rings. The zero-order valence-electron chi connectivity index (χ0n) is 14.4. The zero-order valence-corrected chi connectivity index (χ0v) is 15.2. The maximum absolute atomic E-state index is 12.7. The Morgan fingerprint density at radius 2 is 2.12 bits per heavy atom. The maximum atomic E-state index is 12.7. The summed E-state index contributed by atoms with van der Waals surface area (Å²) in [5.41, 5.74) is 1.81. The summed E-state index contributed by atoms with van der Waals surface area (Å²) in [5.74, 6) is 0.174. The van der Waals surface area contributed by atoms with E-state index < -0.39 is 9.84 Å². The predicted octanol–water partition coefficient (Wildman–Crippen LogP) is 2.44. The summed E-state index contributed by atoms with van der Waals surface area (Å²) >= 11 is 0. The molecular weight excluding hydrogens is 322 g/mol. The second-order valence-corrected chi connectivity index (χ2v) is 8.73. The molecular formula is C18H25N3O2S. The van der Waals surface area contributed by atoms with E-state index in [9.17, 15) is 8.42 Å². The van der Waals surface area contributed by atoms with Crippen molar-refractivity contribution in [3.8, 4) is 0 Å². The van der Waals surface area contributed by atoms with Gasteiger partial charge in [0.2, 0.25) is 0 Å². The van der Waals surface area contributed by atoms with Gasteiger partial charge in [-0.3, -0.25) is 9.58 Å². The molecule has 130 valence electrons. The van der Waals surface area contributed by atoms with Crippen LogP contribution >= 0.6 is 0 Å². The summed E-state index contributed by atoms with van der Waals surface area (Å²) in [5, 5.41) is 4.26. The molecule has 0 N–H and O–H groups in total. The van der Waals surface area contributed by atoms with Crippen molar-refractivity contribution < 1.29 is 8.42 Å². The van der Waals surface area contributed by atoms with Gasteiger partial charge in [0.1, 0.15) is 0 Å². The van der Waals surface area contributed by atoms with E-state index in [4.69, 9.17) is 0 Å². The highest BCUT2D eigenvalue weighted by atomic mass is 32.2. The van der Waals surface area contributed by atoms with Gasteiger partial charge in [-0.1, -0.05) is 12.1 Å². The van der Waals surface area contributed by atoms with Gasteiger partial charge in [-0.2, -0.15) is 5.10 Å². The van der Waals surface area contributed by atoms with Crippen LogP contribution in [0.4, 0.5) is 0 Å². The second-order valence-electron chi connectivity index (χ2n) is 6.65. The monoisotopic (exact) mass is 347 g/mol. The molecule has 1 atom stereocenters. The molecule has 0 saturated carbocycles. The smallest absolute Gasteiger partial charge is 0.179 e. The van der Waals surface area contributed by atoms with Crippen LogP contribution in [0.15, 0.2) is 41.6 Å². The maximum Gasteiger partial charge on any atom is 0.179 e. The molecule has 3 rings (SSSR count). The minimum absolute atomic E-state index is 0.174. The van der Waals surface area contributed by atoms with Crippen LogP contribution in [0.2, 0.25) is 0 Å². The average Bonchev–Trinajstić information content (AvgIpc) is 3.20. The molecule has 0 amide bonds. The van der Waals surface area contributed by atoms with Crippen LogP contribution in [0.1, 0.15) is 24.0 Å². The lowest BCUT2D eigenvalue weighted by atomic mass is 10.2. The Bertz CT molecular complexity index is 785. The summed E-state index contributed by atoms with van der Waals surface area (Å²) in [6.07, 6.45) is 5.96. The molecule has 0 bridgehead atoms. The SMILES string of the molecule is Cc1ccc(C)c(S(=O)(=O)CCN2CCC[C@H]2Cn2cccn2)c1. The molecule has 24 heavy (non-hydrogen) atoms. The Morgan fingerprint density at radius 3 is 2.88 bits per heavy atom. The third-order valence-corrected chi connectivity index (χ3v) is 6.61. The highest BCUT2D eigenvalue weighted by molar-refractivity contribution is 7.91. The van der Waals surface area contributed by atoms with Crippen molar-refractivity contribution in [2.45, 2.75) is 44.2 Å². The Balaban J connectivity index is 1.66. The second kappa shape index (κ2) is 7.07. The first-order valence-electron chi connectivity index (χ1n) is 8.47. The molecule has 1 aliphatic heterocycles. The van der Waals surface area contributed by atoms with Crippen molar-refractivity contribution in [3.05, 3.63) is 47.8 Å². The lowest BCUT2D eigenvalue weighted by molar-refractivity contribution is 0.239. The van der Waals surface area contributed by atoms with Crippen LogP contribution in [0.5, 0.6) is 0 Å². The topological polar surface area (TPSA) is 55.2 Å². The summed E-state index contributed by atoms with van der Waals surface area (Å²) < 4.78 is 27.4. The first-order chi connectivity index (χ1) is 11.5. The number of hydrogen-bond donors (Lipinski definition) is 0. The van der Waals surface area contributed by atoms with E-state index in [0.29, 0.717) is 17.5 Å². The van der Waals surface area contributed by atoms with Crippen LogP contribution in [0.3, 0.4) is 0 Å². The zero-order chi connectivity index (χ0) is 17.2. The predicted molar refractivity (Wildman–Crippen MR) is 94.8 cm³/mol. The third kappa shape index (κ3) is 3.87. The summed E-state index contributed by atoms with van der Waals surface area (Å²) in [4.78, 5) is 2.77. The Hall–Kier alpha value is -1.66. The van der Waals surface area contributed by atoms with Gasteiger partial charge in [-0.05, 0) is 56.5 Å². The fourth-order valence-corrected chi connectivity index (χ4v) is 5.03. The molecule has 1 aromatic heterocycles. The highest BCUT2D eigenvalue weighted by Crippen LogP contribution is 2.22. The molecule has 1 aliphatic rings. The van der Waals surface area contributed by atoms with E-state index in [1.54, 1.807) is 12.3 Å². The van der Waals surface area contributed by atoms with Gasteiger partial charge >= 0.3 is 0 Å². The van der Waals surface area contributed by atoms with Gasteiger partial charge in [0.15, 0.2) is 9.84 Å². The van der Waals surface area contributed by atoms with Crippen molar-refractivity contribution in [3.63, 3.8) is 0 Å². The van der Waals surface area contributed by atoms with Crippen LogP contribution in [-0.2, 0) is 16.4 Å². The van der Waals surface area contributed by atoms with Gasteiger partial charge in [-0.25, -0.2) is 8.42 Å². The summed E-state index contributed by atoms with van der Waals surface area (Å²) in [6.45, 7) is 6.17. The van der Waals surface area contributed by atoms with Crippen LogP contribution < -0.4 is 0 Å². The number of likely N-dealkylation sites (tertiary alicyclic amines) is 1. The van der Waals surface area contributed by atoms with Gasteiger partial charge < -0.3 is 0 Å². The lowest BCUT2D eigenvalue weighted by Crippen LogP contribution is -2.36. The minimum Gasteiger partial charge on any atom is -0.298 e. The van der Waals surface area contributed by atoms with Gasteiger partial charge in [0.25, 0.3) is 0 Å². The first-order valence-corrected chi connectivity index (χ1v) is 10.1. The number of hydrogen-bond acceptors (Lipinski definition) is 4. The van der Waals surface area contributed by atoms with E-state index >= 15 is 0 Å². The highest BCUT2D eigenvalue weighted by Gasteiger charge is 2.27. The first kappa shape index (κ1) is 17.2. The van der Waals surface area contributed by atoms with Gasteiger partial charge in [-0.15, -0.1) is 0 Å². The summed E-state index contributed by atoms with van der Waals surface area (Å²) in [6, 6.07) is 7.92. The number of nitrogens with zero attached hydrogens (tertiary/aromatic N) is 3. The molecule has 0 radical (unpaired) electrons. The number of aromatic nitrogens is 2. The minimum atomic E-state index is -3.25. The van der Waals surface area contributed by atoms with E-state index in [1.165, 1.54) is 0 Å². The van der Waals surface area contributed by atoms with Crippen molar-refractivity contribution in [1.29, 1.82) is 0 Å². The molecule has 5 nitrogen and oxygen atoms in total. The molecule has 2 heterocycles. The van der Waals surface area contributed by atoms with E-state index in [1.807, 2.05) is 42.9 Å². The molecule has 0 aliphatic carbocycles. The Morgan fingerprint density at radius 1 is 1.29 bits per heavy atom. The van der Waals surface area contributed by atoms with Crippen molar-refractivity contribution in [1.82, 2.24) is 14.7 Å². The Labute approximate surface area is 144 Å². The Kier molecular flexibility index (Phi) is 5.06. The molecule has 0 spiro atoms. The van der Waals surface area contributed by atoms with Crippen molar-refractivity contribution in [2.24, 2.45) is 0 Å². The molecule has 6 heteroatoms. The van der Waals surface area contributed by atoms with Crippen LogP contribution in [0, 0.1) is 13.8 Å². The fourth-order valence-electron chi connectivity index (χ4n) is 3.41. The van der Waals surface area contributed by atoms with Crippen molar-refractivity contribution in [2.75, 3.05) is 18.8 Å². The van der Waals surface area contributed by atoms with Crippen LogP contribution in [0.25, 0.3) is 0 Å². The molecule has 1 saturated heterocycles. The average molecular weight is 347 g/mol. The third-order valence-electron chi connectivity index (χ3n) is 4.78. The van der Waals surface area contributed by atoms with E-state index in [0.717, 1.165) is 37.1 Å². The van der Waals surface area contributed by atoms with Crippen LogP contribution in [-0.4, -0.2) is 48.0 Å².